The van der Waals surface area contributed by atoms with E-state index in [1.54, 1.807) is 0 Å². The maximum Gasteiger partial charge on any atom is 0.347 e. The van der Waals surface area contributed by atoms with Crippen LogP contribution in [0.25, 0.3) is 0 Å². The molecule has 1 aliphatic rings. The molecule has 0 aromatic carbocycles. The summed E-state index contributed by atoms with van der Waals surface area (Å²) in [7, 11) is 1.28. The van der Waals surface area contributed by atoms with Gasteiger partial charge in [0.15, 0.2) is 6.10 Å². The number of rotatable bonds is 16. The number of methoxy groups -OCH3 is 1. The van der Waals surface area contributed by atoms with E-state index < -0.39 is 18.0 Å². The van der Waals surface area contributed by atoms with Crippen molar-refractivity contribution < 1.29 is 23.9 Å². The molecule has 0 aliphatic heterocycles. The maximum absolute atomic E-state index is 12.7. The van der Waals surface area contributed by atoms with Crippen molar-refractivity contribution in [2.45, 2.75) is 84.7 Å². The molecule has 0 heterocycles. The molecular weight excluding hydrogens is 406 g/mol. The zero-order chi connectivity index (χ0) is 23.8. The number of Topliss-reactive ketones (excluding diaryl/α,β-unsaturated/α-hetero) is 1. The molecule has 0 bridgehead atoms. The highest BCUT2D eigenvalue weighted by atomic mass is 16.6. The number of carbonyl (C=O) groups is 3. The molecule has 1 saturated carbocycles. The lowest BCUT2D eigenvalue weighted by Crippen LogP contribution is -2.27. The van der Waals surface area contributed by atoms with Crippen LogP contribution in [0.5, 0.6) is 0 Å². The Morgan fingerprint density at radius 1 is 1.12 bits per heavy atom. The molecule has 0 amide bonds. The van der Waals surface area contributed by atoms with Gasteiger partial charge in [-0.1, -0.05) is 57.4 Å². The van der Waals surface area contributed by atoms with Gasteiger partial charge in [-0.15, -0.1) is 0 Å². The summed E-state index contributed by atoms with van der Waals surface area (Å²) in [5.41, 5.74) is 0. The van der Waals surface area contributed by atoms with E-state index in [1.165, 1.54) is 39.7 Å². The summed E-state index contributed by atoms with van der Waals surface area (Å²) < 4.78 is 9.72. The lowest BCUT2D eigenvalue weighted by Gasteiger charge is -2.20. The smallest absolute Gasteiger partial charge is 0.347 e. The third-order valence-corrected chi connectivity index (χ3v) is 6.05. The highest BCUT2D eigenvalue weighted by molar-refractivity contribution is 5.84. The van der Waals surface area contributed by atoms with Crippen molar-refractivity contribution in [1.82, 2.24) is 5.32 Å². The molecule has 0 aromatic rings. The van der Waals surface area contributed by atoms with Gasteiger partial charge in [0.1, 0.15) is 5.78 Å². The van der Waals surface area contributed by atoms with Crippen molar-refractivity contribution in [3.8, 4) is 0 Å². The van der Waals surface area contributed by atoms with E-state index in [1.807, 2.05) is 12.2 Å². The van der Waals surface area contributed by atoms with E-state index in [0.717, 1.165) is 19.5 Å². The van der Waals surface area contributed by atoms with Crippen molar-refractivity contribution >= 4 is 17.7 Å². The minimum absolute atomic E-state index is 0.00618. The molecule has 1 fully saturated rings. The molecule has 6 heteroatoms. The Bertz CT molecular complexity index is 628. The maximum atomic E-state index is 12.7. The van der Waals surface area contributed by atoms with Crippen molar-refractivity contribution in [3.63, 3.8) is 0 Å². The number of hydrogen-bond donors (Lipinski definition) is 1. The summed E-state index contributed by atoms with van der Waals surface area (Å²) in [5, 5.41) is 3.41. The molecule has 1 N–H and O–H groups in total. The first-order valence-electron chi connectivity index (χ1n) is 12.2. The first-order valence-corrected chi connectivity index (χ1v) is 12.2. The van der Waals surface area contributed by atoms with Crippen molar-refractivity contribution in [3.05, 3.63) is 24.3 Å². The first-order chi connectivity index (χ1) is 15.4. The summed E-state index contributed by atoms with van der Waals surface area (Å²) in [6.45, 7) is 7.37. The van der Waals surface area contributed by atoms with E-state index in [4.69, 9.17) is 9.47 Å². The molecule has 6 nitrogen and oxygen atoms in total. The minimum atomic E-state index is -0.886. The number of carbonyl (C=O) groups excluding carboxylic acids is 3. The molecular formula is C26H43NO5. The van der Waals surface area contributed by atoms with Crippen LogP contribution in [0.4, 0.5) is 0 Å². The molecule has 4 atom stereocenters. The summed E-state index contributed by atoms with van der Waals surface area (Å²) in [6, 6.07) is 0. The standard InChI is InChI=1S/C26H43NO5/c1-5-7-8-9-10-12-15-22-21(19-27-6-2)18-24(29)23(22)16-13-11-14-17-25(26(30)31-4)32-20(3)28/h11-13,15,21-23,25,27H,5-10,14,16-19H2,1-4H3/b13-11-,15-12+/t21-,22-,23+,25?/m0/s1. The predicted octanol–water partition coefficient (Wildman–Crippen LogP) is 4.78. The molecule has 1 unspecified atom stereocenters. The molecule has 0 spiro atoms. The second kappa shape index (κ2) is 16.7. The fourth-order valence-corrected chi connectivity index (χ4v) is 4.31. The number of hydrogen-bond acceptors (Lipinski definition) is 6. The van der Waals surface area contributed by atoms with Crippen LogP contribution >= 0.6 is 0 Å². The summed E-state index contributed by atoms with van der Waals surface area (Å²) in [6.07, 6.45) is 16.0. The van der Waals surface area contributed by atoms with Gasteiger partial charge in [0.05, 0.1) is 7.11 Å². The Morgan fingerprint density at radius 2 is 1.91 bits per heavy atom. The highest BCUT2D eigenvalue weighted by Crippen LogP contribution is 2.37. The van der Waals surface area contributed by atoms with E-state index in [9.17, 15) is 14.4 Å². The summed E-state index contributed by atoms with van der Waals surface area (Å²) >= 11 is 0. The van der Waals surface area contributed by atoms with Crippen molar-refractivity contribution in [1.29, 1.82) is 0 Å². The normalized spacial score (nSPS) is 22.0. The SMILES string of the molecule is CCCCCC/C=C/[C@H]1[C@H](CNCC)CC(=O)[C@@H]1C/C=C\CCC(OC(C)=O)C(=O)OC. The average molecular weight is 450 g/mol. The van der Waals surface area contributed by atoms with Gasteiger partial charge in [0.2, 0.25) is 0 Å². The summed E-state index contributed by atoms with van der Waals surface area (Å²) in [5.74, 6) is -0.0918. The number of nitrogens with one attached hydrogen (secondary N) is 1. The van der Waals surface area contributed by atoms with Crippen LogP contribution in [0.3, 0.4) is 0 Å². The molecule has 0 radical (unpaired) electrons. The Hall–Kier alpha value is -1.95. The van der Waals surface area contributed by atoms with Gasteiger partial charge < -0.3 is 14.8 Å². The van der Waals surface area contributed by atoms with Gasteiger partial charge in [0.25, 0.3) is 0 Å². The van der Waals surface area contributed by atoms with Gasteiger partial charge in [0, 0.05) is 19.3 Å². The van der Waals surface area contributed by atoms with Crippen LogP contribution in [0.2, 0.25) is 0 Å². The zero-order valence-electron chi connectivity index (χ0n) is 20.4. The van der Waals surface area contributed by atoms with Crippen LogP contribution in [0.15, 0.2) is 24.3 Å². The quantitative estimate of drug-likeness (QED) is 0.208. The molecule has 182 valence electrons. The van der Waals surface area contributed by atoms with Crippen LogP contribution < -0.4 is 5.32 Å². The topological polar surface area (TPSA) is 81.7 Å². The van der Waals surface area contributed by atoms with Crippen molar-refractivity contribution in [2.24, 2.45) is 17.8 Å². The second-order valence-corrected chi connectivity index (χ2v) is 8.61. The molecule has 32 heavy (non-hydrogen) atoms. The van der Waals surface area contributed by atoms with Gasteiger partial charge in [-0.2, -0.15) is 0 Å². The first kappa shape index (κ1) is 28.1. The molecule has 1 aliphatic carbocycles. The predicted molar refractivity (Wildman–Crippen MR) is 127 cm³/mol. The third-order valence-electron chi connectivity index (χ3n) is 6.05. The van der Waals surface area contributed by atoms with Gasteiger partial charge >= 0.3 is 11.9 Å². The Labute approximate surface area is 194 Å². The molecule has 1 rings (SSSR count). The number of ketones is 1. The number of ether oxygens (including phenoxy) is 2. The zero-order valence-corrected chi connectivity index (χ0v) is 20.4. The fourth-order valence-electron chi connectivity index (χ4n) is 4.31. The Kier molecular flexibility index (Phi) is 14.6. The van der Waals surface area contributed by atoms with Gasteiger partial charge in [-0.3, -0.25) is 9.59 Å². The molecule has 0 saturated heterocycles. The monoisotopic (exact) mass is 449 g/mol. The van der Waals surface area contributed by atoms with E-state index in [0.29, 0.717) is 37.4 Å². The van der Waals surface area contributed by atoms with E-state index >= 15 is 0 Å². The molecule has 0 aromatic heterocycles. The second-order valence-electron chi connectivity index (χ2n) is 8.61. The minimum Gasteiger partial charge on any atom is -0.466 e. The number of unbranched alkanes of at least 4 members (excludes halogenated alkanes) is 4. The lowest BCUT2D eigenvalue weighted by molar-refractivity contribution is -0.165. The summed E-state index contributed by atoms with van der Waals surface area (Å²) in [4.78, 5) is 35.6. The Morgan fingerprint density at radius 3 is 2.56 bits per heavy atom. The van der Waals surface area contributed by atoms with Crippen LogP contribution in [-0.2, 0) is 23.9 Å². The van der Waals surface area contributed by atoms with Gasteiger partial charge in [-0.25, -0.2) is 4.79 Å². The van der Waals surface area contributed by atoms with Crippen LogP contribution in [0, 0.1) is 17.8 Å². The van der Waals surface area contributed by atoms with Crippen LogP contribution in [0.1, 0.15) is 78.6 Å². The van der Waals surface area contributed by atoms with Gasteiger partial charge in [-0.05, 0) is 57.0 Å². The Balaban J connectivity index is 2.64. The fraction of sp³-hybridized carbons (Fsp3) is 0.731. The van der Waals surface area contributed by atoms with E-state index in [-0.39, 0.29) is 11.8 Å². The number of esters is 2. The van der Waals surface area contributed by atoms with Crippen molar-refractivity contribution in [2.75, 3.05) is 20.2 Å². The van der Waals surface area contributed by atoms with E-state index in [2.05, 4.69) is 31.3 Å². The van der Waals surface area contributed by atoms with Crippen LogP contribution in [-0.4, -0.2) is 44.0 Å². The highest BCUT2D eigenvalue weighted by Gasteiger charge is 2.39. The lowest BCUT2D eigenvalue weighted by atomic mass is 9.86. The number of allylic oxidation sites excluding steroid dienone is 4. The largest absolute Gasteiger partial charge is 0.466 e. The third kappa shape index (κ3) is 10.6. The average Bonchev–Trinajstić information content (AvgIpc) is 3.06.